The molecule has 2 amide bonds. The molecule has 1 aromatic heterocycles. The zero-order valence-corrected chi connectivity index (χ0v) is 17.8. The second kappa shape index (κ2) is 8.88. The van der Waals surface area contributed by atoms with Crippen LogP contribution in [-0.4, -0.2) is 53.9 Å². The molecule has 0 atom stereocenters. The van der Waals surface area contributed by atoms with Gasteiger partial charge in [-0.2, -0.15) is 0 Å². The van der Waals surface area contributed by atoms with Gasteiger partial charge in [-0.05, 0) is 42.7 Å². The number of methoxy groups -OCH3 is 1. The molecule has 0 unspecified atom stereocenters. The van der Waals surface area contributed by atoms with Crippen LogP contribution in [0, 0.1) is 0 Å². The molecule has 1 fully saturated rings. The lowest BCUT2D eigenvalue weighted by molar-refractivity contribution is 0.173. The molecule has 3 heterocycles. The van der Waals surface area contributed by atoms with E-state index >= 15 is 0 Å². The first-order valence-corrected chi connectivity index (χ1v) is 10.7. The Hall–Kier alpha value is -3.59. The number of rotatable bonds is 5. The Morgan fingerprint density at radius 1 is 1.09 bits per heavy atom. The van der Waals surface area contributed by atoms with E-state index in [4.69, 9.17) is 14.2 Å². The summed E-state index contributed by atoms with van der Waals surface area (Å²) in [6, 6.07) is 13.3. The van der Waals surface area contributed by atoms with Crippen LogP contribution in [-0.2, 0) is 6.54 Å². The summed E-state index contributed by atoms with van der Waals surface area (Å²) in [5, 5.41) is 5.84. The summed E-state index contributed by atoms with van der Waals surface area (Å²) in [4.78, 5) is 23.9. The highest BCUT2D eigenvalue weighted by atomic mass is 16.7. The predicted octanol–water partition coefficient (Wildman–Crippen LogP) is 3.15. The summed E-state index contributed by atoms with van der Waals surface area (Å²) in [5.74, 6) is 2.21. The smallest absolute Gasteiger partial charge is 0.320 e. The SMILES string of the molecule is COc1nc2ccccc2nc1NC(=O)NC1CCN(Cc2ccc3c(c2)OCO3)CC1. The summed E-state index contributed by atoms with van der Waals surface area (Å²) in [7, 11) is 1.51. The molecular formula is C23H25N5O4. The number of amides is 2. The highest BCUT2D eigenvalue weighted by molar-refractivity contribution is 5.91. The van der Waals surface area contributed by atoms with Gasteiger partial charge in [-0.3, -0.25) is 10.2 Å². The van der Waals surface area contributed by atoms with Gasteiger partial charge in [0, 0.05) is 25.7 Å². The van der Waals surface area contributed by atoms with Gasteiger partial charge in [-0.1, -0.05) is 18.2 Å². The molecule has 2 aromatic carbocycles. The first-order chi connectivity index (χ1) is 15.7. The van der Waals surface area contributed by atoms with Crippen LogP contribution in [0.4, 0.5) is 10.6 Å². The van der Waals surface area contributed by atoms with Gasteiger partial charge in [0.15, 0.2) is 17.3 Å². The summed E-state index contributed by atoms with van der Waals surface area (Å²) >= 11 is 0. The van der Waals surface area contributed by atoms with Gasteiger partial charge in [0.2, 0.25) is 6.79 Å². The number of fused-ring (bicyclic) bond motifs is 2. The number of piperidine rings is 1. The second-order valence-corrected chi connectivity index (χ2v) is 7.91. The molecule has 2 N–H and O–H groups in total. The van der Waals surface area contributed by atoms with E-state index in [1.54, 1.807) is 0 Å². The van der Waals surface area contributed by atoms with E-state index in [1.807, 2.05) is 36.4 Å². The first-order valence-electron chi connectivity index (χ1n) is 10.7. The molecule has 5 rings (SSSR count). The van der Waals surface area contributed by atoms with E-state index in [9.17, 15) is 4.79 Å². The van der Waals surface area contributed by atoms with Crippen LogP contribution in [0.5, 0.6) is 17.4 Å². The van der Waals surface area contributed by atoms with Crippen LogP contribution < -0.4 is 24.8 Å². The Morgan fingerprint density at radius 3 is 2.62 bits per heavy atom. The van der Waals surface area contributed by atoms with Crippen LogP contribution in [0.15, 0.2) is 42.5 Å². The molecule has 0 bridgehead atoms. The quantitative estimate of drug-likeness (QED) is 0.635. The molecule has 2 aliphatic heterocycles. The number of benzene rings is 2. The second-order valence-electron chi connectivity index (χ2n) is 7.91. The standard InChI is InChI=1S/C23H25N5O4/c1-30-22-21(25-17-4-2-3-5-18(17)26-22)27-23(29)24-16-8-10-28(11-9-16)13-15-6-7-19-20(12-15)32-14-31-19/h2-7,12,16H,8-11,13-14H2,1H3,(H2,24,25,27,29). The van der Waals surface area contributed by atoms with Gasteiger partial charge >= 0.3 is 6.03 Å². The molecule has 9 nitrogen and oxygen atoms in total. The number of hydrogen-bond donors (Lipinski definition) is 2. The maximum absolute atomic E-state index is 12.6. The molecule has 0 saturated carbocycles. The average molecular weight is 435 g/mol. The van der Waals surface area contributed by atoms with Gasteiger partial charge in [0.25, 0.3) is 5.88 Å². The van der Waals surface area contributed by atoms with Crippen molar-refractivity contribution < 1.29 is 19.0 Å². The molecule has 0 aliphatic carbocycles. The average Bonchev–Trinajstić information content (AvgIpc) is 3.28. The van der Waals surface area contributed by atoms with Crippen LogP contribution in [0.1, 0.15) is 18.4 Å². The van der Waals surface area contributed by atoms with E-state index in [0.717, 1.165) is 44.0 Å². The largest absolute Gasteiger partial charge is 0.478 e. The zero-order chi connectivity index (χ0) is 21.9. The molecule has 9 heteroatoms. The summed E-state index contributed by atoms with van der Waals surface area (Å²) in [6.45, 7) is 2.94. The minimum absolute atomic E-state index is 0.0995. The summed E-state index contributed by atoms with van der Waals surface area (Å²) in [5.41, 5.74) is 2.60. The van der Waals surface area contributed by atoms with Gasteiger partial charge in [-0.25, -0.2) is 14.8 Å². The van der Waals surface area contributed by atoms with Crippen LogP contribution in [0.2, 0.25) is 0 Å². The molecule has 2 aliphatic rings. The highest BCUT2D eigenvalue weighted by Gasteiger charge is 2.22. The zero-order valence-electron chi connectivity index (χ0n) is 17.8. The first kappa shape index (κ1) is 20.3. The Kier molecular flexibility index (Phi) is 5.64. The van der Waals surface area contributed by atoms with Gasteiger partial charge in [-0.15, -0.1) is 0 Å². The third kappa shape index (κ3) is 4.38. The lowest BCUT2D eigenvalue weighted by atomic mass is 10.0. The van der Waals surface area contributed by atoms with E-state index < -0.39 is 0 Å². The number of nitrogens with zero attached hydrogens (tertiary/aromatic N) is 3. The lowest BCUT2D eigenvalue weighted by Gasteiger charge is -2.32. The number of hydrogen-bond acceptors (Lipinski definition) is 7. The molecule has 1 saturated heterocycles. The fourth-order valence-electron chi connectivity index (χ4n) is 4.07. The van der Waals surface area contributed by atoms with Gasteiger partial charge < -0.3 is 19.5 Å². The number of aromatic nitrogens is 2. The van der Waals surface area contributed by atoms with Gasteiger partial charge in [0.05, 0.1) is 18.1 Å². The van der Waals surface area contributed by atoms with Crippen molar-refractivity contribution in [3.05, 3.63) is 48.0 Å². The number of urea groups is 1. The Labute approximate surface area is 185 Å². The third-order valence-corrected chi connectivity index (χ3v) is 5.73. The van der Waals surface area contributed by atoms with E-state index in [2.05, 4.69) is 31.6 Å². The third-order valence-electron chi connectivity index (χ3n) is 5.73. The topological polar surface area (TPSA) is 97.8 Å². The summed E-state index contributed by atoms with van der Waals surface area (Å²) < 4.78 is 16.1. The summed E-state index contributed by atoms with van der Waals surface area (Å²) in [6.07, 6.45) is 1.75. The predicted molar refractivity (Wildman–Crippen MR) is 119 cm³/mol. The van der Waals surface area contributed by atoms with Crippen LogP contribution >= 0.6 is 0 Å². The fourth-order valence-corrected chi connectivity index (χ4v) is 4.07. The number of para-hydroxylation sites is 2. The molecule has 166 valence electrons. The number of likely N-dealkylation sites (tertiary alicyclic amines) is 1. The molecular weight excluding hydrogens is 410 g/mol. The van der Waals surface area contributed by atoms with Crippen LogP contribution in [0.3, 0.4) is 0 Å². The number of ether oxygens (including phenoxy) is 3. The molecule has 3 aromatic rings. The van der Waals surface area contributed by atoms with Crippen LogP contribution in [0.25, 0.3) is 11.0 Å². The number of carbonyl (C=O) groups excluding carboxylic acids is 1. The minimum Gasteiger partial charge on any atom is -0.478 e. The Bertz CT molecular complexity index is 1130. The minimum atomic E-state index is -0.304. The van der Waals surface area contributed by atoms with Crippen molar-refractivity contribution in [2.75, 3.05) is 32.3 Å². The van der Waals surface area contributed by atoms with Gasteiger partial charge in [0.1, 0.15) is 0 Å². The highest BCUT2D eigenvalue weighted by Crippen LogP contribution is 2.33. The van der Waals surface area contributed by atoms with E-state index in [-0.39, 0.29) is 24.7 Å². The number of nitrogens with one attached hydrogen (secondary N) is 2. The molecule has 0 spiro atoms. The van der Waals surface area contributed by atoms with Crippen molar-refractivity contribution >= 4 is 22.9 Å². The Balaban J connectivity index is 1.14. The van der Waals surface area contributed by atoms with E-state index in [1.165, 1.54) is 12.7 Å². The Morgan fingerprint density at radius 2 is 1.84 bits per heavy atom. The number of carbonyl (C=O) groups is 1. The normalized spacial score (nSPS) is 16.2. The molecule has 32 heavy (non-hydrogen) atoms. The van der Waals surface area contributed by atoms with Crippen molar-refractivity contribution in [1.82, 2.24) is 20.2 Å². The maximum Gasteiger partial charge on any atom is 0.320 e. The van der Waals surface area contributed by atoms with Crippen molar-refractivity contribution in [3.63, 3.8) is 0 Å². The number of anilines is 1. The molecule has 0 radical (unpaired) electrons. The maximum atomic E-state index is 12.6. The van der Waals surface area contributed by atoms with Crippen molar-refractivity contribution in [1.29, 1.82) is 0 Å². The van der Waals surface area contributed by atoms with Crippen molar-refractivity contribution in [2.24, 2.45) is 0 Å². The fraction of sp³-hybridized carbons (Fsp3) is 0.348. The van der Waals surface area contributed by atoms with Crippen molar-refractivity contribution in [2.45, 2.75) is 25.4 Å². The van der Waals surface area contributed by atoms with Crippen molar-refractivity contribution in [3.8, 4) is 17.4 Å². The lowest BCUT2D eigenvalue weighted by Crippen LogP contribution is -2.45. The monoisotopic (exact) mass is 435 g/mol. The van der Waals surface area contributed by atoms with E-state index in [0.29, 0.717) is 16.9 Å².